The molecule has 1 aromatic rings. The van der Waals surface area contributed by atoms with Crippen molar-refractivity contribution in [1.29, 1.82) is 0 Å². The SMILES string of the molecule is COC1CC(C(=O)O)N(C(=O)C(C)NC(=O)c2ccoc2)C1. The van der Waals surface area contributed by atoms with E-state index in [9.17, 15) is 19.5 Å². The third-order valence-electron chi connectivity index (χ3n) is 3.67. The summed E-state index contributed by atoms with van der Waals surface area (Å²) in [6, 6.07) is -0.311. The maximum absolute atomic E-state index is 12.4. The van der Waals surface area contributed by atoms with E-state index < -0.39 is 29.9 Å². The quantitative estimate of drug-likeness (QED) is 0.798. The third kappa shape index (κ3) is 3.28. The van der Waals surface area contributed by atoms with Crippen LogP contribution in [0.3, 0.4) is 0 Å². The monoisotopic (exact) mass is 310 g/mol. The molecule has 22 heavy (non-hydrogen) atoms. The summed E-state index contributed by atoms with van der Waals surface area (Å²) >= 11 is 0. The first kappa shape index (κ1) is 16.0. The average Bonchev–Trinajstić information content (AvgIpc) is 3.15. The van der Waals surface area contributed by atoms with Gasteiger partial charge in [0.25, 0.3) is 5.91 Å². The minimum Gasteiger partial charge on any atom is -0.480 e. The highest BCUT2D eigenvalue weighted by Gasteiger charge is 2.41. The number of nitrogens with one attached hydrogen (secondary N) is 1. The highest BCUT2D eigenvalue weighted by Crippen LogP contribution is 2.21. The van der Waals surface area contributed by atoms with E-state index in [0.29, 0.717) is 5.56 Å². The van der Waals surface area contributed by atoms with Gasteiger partial charge < -0.3 is 24.5 Å². The van der Waals surface area contributed by atoms with Gasteiger partial charge in [-0.05, 0) is 13.0 Å². The zero-order valence-electron chi connectivity index (χ0n) is 12.3. The number of methoxy groups -OCH3 is 1. The molecule has 1 saturated heterocycles. The molecule has 1 aliphatic rings. The van der Waals surface area contributed by atoms with E-state index >= 15 is 0 Å². The zero-order valence-corrected chi connectivity index (χ0v) is 12.3. The Balaban J connectivity index is 2.03. The van der Waals surface area contributed by atoms with Crippen LogP contribution >= 0.6 is 0 Å². The van der Waals surface area contributed by atoms with Gasteiger partial charge in [0.2, 0.25) is 5.91 Å². The van der Waals surface area contributed by atoms with E-state index in [2.05, 4.69) is 5.32 Å². The second-order valence-electron chi connectivity index (χ2n) is 5.15. The molecule has 0 spiro atoms. The summed E-state index contributed by atoms with van der Waals surface area (Å²) in [6.45, 7) is 1.71. The minimum atomic E-state index is -1.08. The van der Waals surface area contributed by atoms with Gasteiger partial charge in [-0.3, -0.25) is 9.59 Å². The predicted molar refractivity (Wildman–Crippen MR) is 74.2 cm³/mol. The number of rotatable bonds is 5. The topological polar surface area (TPSA) is 109 Å². The second kappa shape index (κ2) is 6.61. The van der Waals surface area contributed by atoms with Crippen molar-refractivity contribution in [3.8, 4) is 0 Å². The number of carbonyl (C=O) groups is 3. The number of ether oxygens (including phenoxy) is 1. The Hall–Kier alpha value is -2.35. The highest BCUT2D eigenvalue weighted by atomic mass is 16.5. The summed E-state index contributed by atoms with van der Waals surface area (Å²) in [7, 11) is 1.47. The van der Waals surface area contributed by atoms with Crippen LogP contribution in [0.4, 0.5) is 0 Å². The summed E-state index contributed by atoms with van der Waals surface area (Å²) in [6.07, 6.45) is 2.54. The van der Waals surface area contributed by atoms with Crippen molar-refractivity contribution in [2.45, 2.75) is 31.5 Å². The number of amides is 2. The lowest BCUT2D eigenvalue weighted by atomic mass is 10.2. The van der Waals surface area contributed by atoms with Gasteiger partial charge in [-0.2, -0.15) is 0 Å². The molecule has 1 fully saturated rings. The molecular weight excluding hydrogens is 292 g/mol. The summed E-state index contributed by atoms with van der Waals surface area (Å²) in [5.41, 5.74) is 0.297. The second-order valence-corrected chi connectivity index (χ2v) is 5.15. The molecule has 8 heteroatoms. The molecule has 0 radical (unpaired) electrons. The molecule has 2 N–H and O–H groups in total. The van der Waals surface area contributed by atoms with E-state index in [1.807, 2.05) is 0 Å². The highest BCUT2D eigenvalue weighted by molar-refractivity contribution is 5.97. The molecule has 2 amide bonds. The molecule has 0 aromatic carbocycles. The lowest BCUT2D eigenvalue weighted by Gasteiger charge is -2.25. The maximum Gasteiger partial charge on any atom is 0.326 e. The molecule has 8 nitrogen and oxygen atoms in total. The number of nitrogens with zero attached hydrogens (tertiary/aromatic N) is 1. The van der Waals surface area contributed by atoms with Gasteiger partial charge in [0, 0.05) is 20.1 Å². The smallest absolute Gasteiger partial charge is 0.326 e. The first-order valence-electron chi connectivity index (χ1n) is 6.83. The first-order chi connectivity index (χ1) is 10.4. The van der Waals surface area contributed by atoms with Crippen LogP contribution in [0.2, 0.25) is 0 Å². The molecule has 1 aromatic heterocycles. The Kier molecular flexibility index (Phi) is 4.81. The molecule has 3 atom stereocenters. The largest absolute Gasteiger partial charge is 0.480 e. The van der Waals surface area contributed by atoms with E-state index in [1.165, 1.54) is 37.5 Å². The van der Waals surface area contributed by atoms with Crippen molar-refractivity contribution in [2.75, 3.05) is 13.7 Å². The van der Waals surface area contributed by atoms with Crippen LogP contribution in [-0.2, 0) is 14.3 Å². The fourth-order valence-electron chi connectivity index (χ4n) is 2.43. The number of carboxylic acids is 1. The van der Waals surface area contributed by atoms with E-state index in [1.54, 1.807) is 0 Å². The first-order valence-corrected chi connectivity index (χ1v) is 6.83. The maximum atomic E-state index is 12.4. The van der Waals surface area contributed by atoms with E-state index in [4.69, 9.17) is 9.15 Å². The Labute approximate surface area is 127 Å². The van der Waals surface area contributed by atoms with Crippen molar-refractivity contribution >= 4 is 17.8 Å². The van der Waals surface area contributed by atoms with Crippen molar-refractivity contribution < 1.29 is 28.6 Å². The number of hydrogen-bond acceptors (Lipinski definition) is 5. The van der Waals surface area contributed by atoms with Crippen LogP contribution in [0.1, 0.15) is 23.7 Å². The number of likely N-dealkylation sites (tertiary alicyclic amines) is 1. The normalized spacial score (nSPS) is 22.4. The summed E-state index contributed by atoms with van der Waals surface area (Å²) in [5, 5.41) is 11.7. The number of aliphatic carboxylic acids is 1. The number of carboxylic acid groups (broad SMARTS) is 1. The van der Waals surface area contributed by atoms with Crippen LogP contribution in [0.15, 0.2) is 23.0 Å². The number of hydrogen-bond donors (Lipinski definition) is 2. The zero-order chi connectivity index (χ0) is 16.3. The molecule has 0 saturated carbocycles. The average molecular weight is 310 g/mol. The van der Waals surface area contributed by atoms with Gasteiger partial charge in [-0.25, -0.2) is 4.79 Å². The fourth-order valence-corrected chi connectivity index (χ4v) is 2.43. The fraction of sp³-hybridized carbons (Fsp3) is 0.500. The van der Waals surface area contributed by atoms with Gasteiger partial charge in [-0.1, -0.05) is 0 Å². The lowest BCUT2D eigenvalue weighted by Crippen LogP contribution is -2.50. The number of carbonyl (C=O) groups excluding carboxylic acids is 2. The molecule has 3 unspecified atom stereocenters. The molecule has 120 valence electrons. The molecule has 2 rings (SSSR count). The van der Waals surface area contributed by atoms with Crippen LogP contribution in [0.25, 0.3) is 0 Å². The molecule has 2 heterocycles. The Morgan fingerprint density at radius 1 is 1.50 bits per heavy atom. The van der Waals surface area contributed by atoms with Gasteiger partial charge in [0.1, 0.15) is 18.3 Å². The van der Waals surface area contributed by atoms with E-state index in [0.717, 1.165) is 0 Å². The van der Waals surface area contributed by atoms with E-state index in [-0.39, 0.29) is 19.1 Å². The van der Waals surface area contributed by atoms with Gasteiger partial charge in [-0.15, -0.1) is 0 Å². The van der Waals surface area contributed by atoms with Gasteiger partial charge in [0.05, 0.1) is 17.9 Å². The lowest BCUT2D eigenvalue weighted by molar-refractivity contribution is -0.148. The minimum absolute atomic E-state index is 0.193. The molecule has 0 aliphatic carbocycles. The summed E-state index contributed by atoms with van der Waals surface area (Å²) < 4.78 is 9.94. The molecule has 1 aliphatic heterocycles. The third-order valence-corrected chi connectivity index (χ3v) is 3.67. The van der Waals surface area contributed by atoms with Crippen LogP contribution in [0, 0.1) is 0 Å². The van der Waals surface area contributed by atoms with Crippen molar-refractivity contribution in [3.63, 3.8) is 0 Å². The standard InChI is InChI=1S/C14H18N2O6/c1-8(15-12(17)9-3-4-22-7-9)13(18)16-6-10(21-2)5-11(16)14(19)20/h3-4,7-8,10-11H,5-6H2,1-2H3,(H,15,17)(H,19,20). The summed E-state index contributed by atoms with van der Waals surface area (Å²) in [4.78, 5) is 36.8. The Bertz CT molecular complexity index is 556. The number of furan rings is 1. The van der Waals surface area contributed by atoms with Gasteiger partial charge >= 0.3 is 5.97 Å². The summed E-state index contributed by atoms with van der Waals surface area (Å²) in [5.74, 6) is -1.99. The molecular formula is C14H18N2O6. The van der Waals surface area contributed by atoms with Crippen LogP contribution < -0.4 is 5.32 Å². The van der Waals surface area contributed by atoms with Crippen molar-refractivity contribution in [3.05, 3.63) is 24.2 Å². The van der Waals surface area contributed by atoms with Gasteiger partial charge in [0.15, 0.2) is 0 Å². The van der Waals surface area contributed by atoms with Crippen LogP contribution in [0.5, 0.6) is 0 Å². The van der Waals surface area contributed by atoms with Crippen molar-refractivity contribution in [2.24, 2.45) is 0 Å². The Morgan fingerprint density at radius 3 is 2.77 bits per heavy atom. The Morgan fingerprint density at radius 2 is 2.23 bits per heavy atom. The van der Waals surface area contributed by atoms with Crippen molar-refractivity contribution in [1.82, 2.24) is 10.2 Å². The molecule has 0 bridgehead atoms. The predicted octanol–water partition coefficient (Wildman–Crippen LogP) is 0.0984. The van der Waals surface area contributed by atoms with Crippen LogP contribution in [-0.4, -0.2) is 59.6 Å².